The van der Waals surface area contributed by atoms with E-state index in [4.69, 9.17) is 5.73 Å². The molecule has 1 aromatic carbocycles. The zero-order valence-corrected chi connectivity index (χ0v) is 11.0. The van der Waals surface area contributed by atoms with Crippen molar-refractivity contribution < 1.29 is 9.53 Å². The fourth-order valence-electron chi connectivity index (χ4n) is 2.52. The van der Waals surface area contributed by atoms with Crippen molar-refractivity contribution in [3.63, 3.8) is 0 Å². The van der Waals surface area contributed by atoms with Crippen LogP contribution in [0.5, 0.6) is 0 Å². The van der Waals surface area contributed by atoms with Gasteiger partial charge in [-0.15, -0.1) is 0 Å². The Balaban J connectivity index is 2.26. The van der Waals surface area contributed by atoms with E-state index in [0.29, 0.717) is 17.3 Å². The van der Waals surface area contributed by atoms with E-state index in [1.165, 1.54) is 26.4 Å². The zero-order chi connectivity index (χ0) is 13.1. The molecule has 0 spiro atoms. The maximum absolute atomic E-state index is 11.4. The zero-order valence-electron chi connectivity index (χ0n) is 11.0. The van der Waals surface area contributed by atoms with Gasteiger partial charge in [0.05, 0.1) is 24.0 Å². The minimum absolute atomic E-state index is 0.347. The van der Waals surface area contributed by atoms with E-state index in [0.717, 1.165) is 12.2 Å². The first-order valence-electron chi connectivity index (χ1n) is 6.38. The number of esters is 1. The Morgan fingerprint density at radius 3 is 2.83 bits per heavy atom. The Morgan fingerprint density at radius 1 is 1.44 bits per heavy atom. The first kappa shape index (κ1) is 12.7. The van der Waals surface area contributed by atoms with Gasteiger partial charge in [-0.2, -0.15) is 0 Å². The molecule has 0 aromatic heterocycles. The molecule has 0 aliphatic carbocycles. The molecular weight excluding hydrogens is 228 g/mol. The van der Waals surface area contributed by atoms with Crippen LogP contribution in [0.4, 0.5) is 11.4 Å². The third-order valence-corrected chi connectivity index (χ3v) is 3.56. The summed E-state index contributed by atoms with van der Waals surface area (Å²) in [5.74, 6) is -0.347. The number of nitrogens with zero attached hydrogens (tertiary/aromatic N) is 1. The third-order valence-electron chi connectivity index (χ3n) is 3.56. The van der Waals surface area contributed by atoms with Crippen LogP contribution >= 0.6 is 0 Å². The first-order valence-corrected chi connectivity index (χ1v) is 6.38. The fourth-order valence-corrected chi connectivity index (χ4v) is 2.52. The van der Waals surface area contributed by atoms with E-state index in [9.17, 15) is 4.79 Å². The molecule has 1 unspecified atom stereocenters. The summed E-state index contributed by atoms with van der Waals surface area (Å²) >= 11 is 0. The van der Waals surface area contributed by atoms with Crippen molar-refractivity contribution in [1.29, 1.82) is 0 Å². The summed E-state index contributed by atoms with van der Waals surface area (Å²) in [4.78, 5) is 13.7. The Hall–Kier alpha value is -1.71. The summed E-state index contributed by atoms with van der Waals surface area (Å²) in [5.41, 5.74) is 8.23. The predicted molar refractivity (Wildman–Crippen MR) is 72.9 cm³/mol. The van der Waals surface area contributed by atoms with Crippen molar-refractivity contribution >= 4 is 17.3 Å². The van der Waals surface area contributed by atoms with E-state index in [-0.39, 0.29) is 5.97 Å². The lowest BCUT2D eigenvalue weighted by Gasteiger charge is -2.36. The predicted octanol–water partition coefficient (Wildman–Crippen LogP) is 2.43. The summed E-state index contributed by atoms with van der Waals surface area (Å²) in [6.45, 7) is 3.25. The van der Waals surface area contributed by atoms with Gasteiger partial charge in [0.25, 0.3) is 0 Å². The largest absolute Gasteiger partial charge is 0.465 e. The first-order chi connectivity index (χ1) is 8.63. The van der Waals surface area contributed by atoms with Gasteiger partial charge in [0.1, 0.15) is 0 Å². The molecule has 2 N–H and O–H groups in total. The summed E-state index contributed by atoms with van der Waals surface area (Å²) in [7, 11) is 1.37. The molecule has 0 bridgehead atoms. The molecule has 1 atom stereocenters. The van der Waals surface area contributed by atoms with E-state index in [1.54, 1.807) is 12.1 Å². The highest BCUT2D eigenvalue weighted by Gasteiger charge is 2.20. The molecule has 1 saturated heterocycles. The lowest BCUT2D eigenvalue weighted by Crippen LogP contribution is -2.37. The molecule has 1 aromatic rings. The summed E-state index contributed by atoms with van der Waals surface area (Å²) in [6, 6.07) is 5.90. The molecule has 1 aliphatic rings. The Bertz CT molecular complexity index is 445. The van der Waals surface area contributed by atoms with Crippen molar-refractivity contribution in [1.82, 2.24) is 0 Å². The normalized spacial score (nSPS) is 19.7. The van der Waals surface area contributed by atoms with Gasteiger partial charge in [0, 0.05) is 12.6 Å². The van der Waals surface area contributed by atoms with Gasteiger partial charge in [0.2, 0.25) is 0 Å². The number of nitrogens with two attached hydrogens (primary N) is 1. The van der Waals surface area contributed by atoms with Crippen LogP contribution in [0.1, 0.15) is 36.5 Å². The quantitative estimate of drug-likeness (QED) is 0.645. The van der Waals surface area contributed by atoms with Crippen LogP contribution in [-0.2, 0) is 4.74 Å². The smallest absolute Gasteiger partial charge is 0.337 e. The van der Waals surface area contributed by atoms with Crippen LogP contribution in [-0.4, -0.2) is 25.7 Å². The number of piperidine rings is 1. The number of carbonyl (C=O) groups excluding carboxylic acids is 1. The highest BCUT2D eigenvalue weighted by molar-refractivity contribution is 5.92. The topological polar surface area (TPSA) is 55.6 Å². The van der Waals surface area contributed by atoms with Gasteiger partial charge in [-0.3, -0.25) is 0 Å². The fraction of sp³-hybridized carbons (Fsp3) is 0.500. The SMILES string of the molecule is COC(=O)c1ccc(N2CCCCC2C)c(N)c1. The van der Waals surface area contributed by atoms with Crippen molar-refractivity contribution in [2.45, 2.75) is 32.2 Å². The minimum Gasteiger partial charge on any atom is -0.465 e. The number of rotatable bonds is 2. The second-order valence-corrected chi connectivity index (χ2v) is 4.80. The molecule has 4 nitrogen and oxygen atoms in total. The highest BCUT2D eigenvalue weighted by Crippen LogP contribution is 2.30. The summed E-state index contributed by atoms with van der Waals surface area (Å²) in [5, 5.41) is 0. The number of hydrogen-bond acceptors (Lipinski definition) is 4. The van der Waals surface area contributed by atoms with Gasteiger partial charge >= 0.3 is 5.97 Å². The van der Waals surface area contributed by atoms with Crippen LogP contribution in [0.2, 0.25) is 0 Å². The number of methoxy groups -OCH3 is 1. The van der Waals surface area contributed by atoms with Gasteiger partial charge in [-0.05, 0) is 44.4 Å². The second kappa shape index (κ2) is 5.29. The van der Waals surface area contributed by atoms with Gasteiger partial charge < -0.3 is 15.4 Å². The second-order valence-electron chi connectivity index (χ2n) is 4.80. The lowest BCUT2D eigenvalue weighted by molar-refractivity contribution is 0.0601. The van der Waals surface area contributed by atoms with E-state index in [1.807, 2.05) is 6.07 Å². The van der Waals surface area contributed by atoms with Crippen molar-refractivity contribution in [2.24, 2.45) is 0 Å². The molecule has 2 rings (SSSR count). The molecule has 0 amide bonds. The van der Waals surface area contributed by atoms with Crippen molar-refractivity contribution in [3.05, 3.63) is 23.8 Å². The van der Waals surface area contributed by atoms with Crippen molar-refractivity contribution in [2.75, 3.05) is 24.3 Å². The number of anilines is 2. The number of nitrogen functional groups attached to an aromatic ring is 1. The Kier molecular flexibility index (Phi) is 3.75. The average Bonchev–Trinajstić information content (AvgIpc) is 2.39. The van der Waals surface area contributed by atoms with Gasteiger partial charge in [-0.25, -0.2) is 4.79 Å². The summed E-state index contributed by atoms with van der Waals surface area (Å²) < 4.78 is 4.69. The van der Waals surface area contributed by atoms with Crippen LogP contribution in [0.25, 0.3) is 0 Å². The molecule has 1 aliphatic heterocycles. The van der Waals surface area contributed by atoms with E-state index >= 15 is 0 Å². The van der Waals surface area contributed by atoms with Crippen LogP contribution in [0.3, 0.4) is 0 Å². The van der Waals surface area contributed by atoms with Crippen LogP contribution in [0, 0.1) is 0 Å². The Labute approximate surface area is 108 Å². The molecule has 1 heterocycles. The molecular formula is C14H20N2O2. The van der Waals surface area contributed by atoms with Crippen LogP contribution in [0.15, 0.2) is 18.2 Å². The number of carbonyl (C=O) groups is 1. The molecule has 98 valence electrons. The molecule has 1 fully saturated rings. The lowest BCUT2D eigenvalue weighted by atomic mass is 10.0. The monoisotopic (exact) mass is 248 g/mol. The average molecular weight is 248 g/mol. The number of hydrogen-bond donors (Lipinski definition) is 1. The van der Waals surface area contributed by atoms with E-state index in [2.05, 4.69) is 16.6 Å². The third kappa shape index (κ3) is 2.42. The molecule has 4 heteroatoms. The van der Waals surface area contributed by atoms with Gasteiger partial charge in [-0.1, -0.05) is 0 Å². The molecule has 0 saturated carbocycles. The maximum Gasteiger partial charge on any atom is 0.337 e. The number of benzene rings is 1. The molecule has 18 heavy (non-hydrogen) atoms. The number of ether oxygens (including phenoxy) is 1. The summed E-state index contributed by atoms with van der Waals surface area (Å²) in [6.07, 6.45) is 3.67. The Morgan fingerprint density at radius 2 is 2.22 bits per heavy atom. The highest BCUT2D eigenvalue weighted by atomic mass is 16.5. The van der Waals surface area contributed by atoms with Crippen LogP contribution < -0.4 is 10.6 Å². The van der Waals surface area contributed by atoms with Gasteiger partial charge in [0.15, 0.2) is 0 Å². The van der Waals surface area contributed by atoms with E-state index < -0.39 is 0 Å². The molecule has 0 radical (unpaired) electrons. The standard InChI is InChI=1S/C14H20N2O2/c1-10-5-3-4-8-16(10)13-7-6-11(9-12(13)15)14(17)18-2/h6-7,9-10H,3-5,8,15H2,1-2H3. The minimum atomic E-state index is -0.347. The van der Waals surface area contributed by atoms with Crippen molar-refractivity contribution in [3.8, 4) is 0 Å². The maximum atomic E-state index is 11.4.